The van der Waals surface area contributed by atoms with Gasteiger partial charge in [-0.05, 0) is 72.9 Å². The number of carbonyl (C=O) groups is 2. The Kier molecular flexibility index (Phi) is 9.36. The van der Waals surface area contributed by atoms with Crippen LogP contribution in [0.5, 0.6) is 0 Å². The summed E-state index contributed by atoms with van der Waals surface area (Å²) in [4.78, 5) is 29.1. The van der Waals surface area contributed by atoms with E-state index < -0.39 is 12.1 Å². The van der Waals surface area contributed by atoms with Gasteiger partial charge in [-0.3, -0.25) is 9.88 Å². The second kappa shape index (κ2) is 13.1. The average molecular weight is 528 g/mol. The van der Waals surface area contributed by atoms with Crippen LogP contribution in [0.3, 0.4) is 0 Å². The first kappa shape index (κ1) is 27.9. The molecule has 0 saturated heterocycles. The summed E-state index contributed by atoms with van der Waals surface area (Å²) in [6, 6.07) is 18.8. The molecule has 0 bridgehead atoms. The number of aryl methyl sites for hydroxylation is 2. The zero-order valence-corrected chi connectivity index (χ0v) is 23.0. The molecule has 0 aliphatic heterocycles. The maximum absolute atomic E-state index is 12.4. The Morgan fingerprint density at radius 2 is 1.72 bits per heavy atom. The third-order valence-corrected chi connectivity index (χ3v) is 6.87. The number of nitrogens with zero attached hydrogens (tertiary/aromatic N) is 2. The van der Waals surface area contributed by atoms with Gasteiger partial charge in [-0.2, -0.15) is 0 Å². The molecule has 2 N–H and O–H groups in total. The van der Waals surface area contributed by atoms with Crippen molar-refractivity contribution in [1.29, 1.82) is 0 Å². The molecular weight excluding hydrogens is 490 g/mol. The van der Waals surface area contributed by atoms with Crippen LogP contribution in [0.1, 0.15) is 74.1 Å². The molecule has 0 atom stereocenters. The third kappa shape index (κ3) is 6.66. The van der Waals surface area contributed by atoms with Gasteiger partial charge in [0, 0.05) is 17.8 Å². The van der Waals surface area contributed by atoms with Crippen LogP contribution in [0.25, 0.3) is 27.8 Å². The van der Waals surface area contributed by atoms with Crippen LogP contribution in [0, 0.1) is 6.92 Å². The standard InChI is InChI=1S/C32H37N3O4/c1-4-6-8-11-19-39-32(38)33-23-15-18-28-29(21-23)35(30(34-28)14-7-5-2)24-16-17-25(22(3)20-24)26-12-9-10-13-27(26)31(36)37/h9-10,12-13,15-18,20-21H,4-8,11,14,19H2,1-3H3,(H,33,38)(H,36,37). The zero-order valence-electron chi connectivity index (χ0n) is 23.0. The first-order valence-corrected chi connectivity index (χ1v) is 13.8. The van der Waals surface area contributed by atoms with Crippen LogP contribution in [-0.2, 0) is 11.2 Å². The highest BCUT2D eigenvalue weighted by Gasteiger charge is 2.17. The lowest BCUT2D eigenvalue weighted by atomic mass is 9.95. The van der Waals surface area contributed by atoms with Gasteiger partial charge in [0.2, 0.25) is 0 Å². The highest BCUT2D eigenvalue weighted by atomic mass is 16.5. The van der Waals surface area contributed by atoms with Crippen LogP contribution in [0.2, 0.25) is 0 Å². The second-order valence-corrected chi connectivity index (χ2v) is 9.84. The molecular formula is C32H37N3O4. The van der Waals surface area contributed by atoms with Gasteiger partial charge in [0.05, 0.1) is 23.2 Å². The number of carbonyl (C=O) groups excluding carboxylic acids is 1. The first-order chi connectivity index (χ1) is 18.9. The summed E-state index contributed by atoms with van der Waals surface area (Å²) in [5.41, 5.74) is 6.12. The number of ether oxygens (including phenoxy) is 1. The van der Waals surface area contributed by atoms with Crippen molar-refractivity contribution in [3.63, 3.8) is 0 Å². The molecule has 39 heavy (non-hydrogen) atoms. The second-order valence-electron chi connectivity index (χ2n) is 9.84. The number of carboxylic acids is 1. The van der Waals surface area contributed by atoms with Crippen molar-refractivity contribution in [2.45, 2.75) is 65.7 Å². The molecule has 0 aliphatic rings. The van der Waals surface area contributed by atoms with E-state index in [9.17, 15) is 14.7 Å². The Morgan fingerprint density at radius 3 is 2.46 bits per heavy atom. The monoisotopic (exact) mass is 527 g/mol. The zero-order chi connectivity index (χ0) is 27.8. The van der Waals surface area contributed by atoms with Crippen molar-refractivity contribution >= 4 is 28.8 Å². The molecule has 0 saturated carbocycles. The molecule has 4 aromatic rings. The van der Waals surface area contributed by atoms with E-state index in [0.717, 1.165) is 78.6 Å². The minimum absolute atomic E-state index is 0.276. The van der Waals surface area contributed by atoms with E-state index in [4.69, 9.17) is 9.72 Å². The quantitative estimate of drug-likeness (QED) is 0.181. The van der Waals surface area contributed by atoms with Crippen molar-refractivity contribution < 1.29 is 19.4 Å². The smallest absolute Gasteiger partial charge is 0.411 e. The maximum atomic E-state index is 12.4. The molecule has 0 unspecified atom stereocenters. The van der Waals surface area contributed by atoms with Crippen molar-refractivity contribution in [2.24, 2.45) is 0 Å². The summed E-state index contributed by atoms with van der Waals surface area (Å²) < 4.78 is 7.49. The number of hydrogen-bond acceptors (Lipinski definition) is 4. The van der Waals surface area contributed by atoms with Gasteiger partial charge in [-0.1, -0.05) is 63.8 Å². The number of aromatic carboxylic acids is 1. The molecule has 7 nitrogen and oxygen atoms in total. The van der Waals surface area contributed by atoms with Gasteiger partial charge in [-0.25, -0.2) is 14.6 Å². The molecule has 1 heterocycles. The van der Waals surface area contributed by atoms with E-state index >= 15 is 0 Å². The van der Waals surface area contributed by atoms with Crippen molar-refractivity contribution in [3.05, 3.63) is 77.6 Å². The van der Waals surface area contributed by atoms with Crippen LogP contribution < -0.4 is 5.32 Å². The lowest BCUT2D eigenvalue weighted by Gasteiger charge is -2.14. The predicted octanol–water partition coefficient (Wildman–Crippen LogP) is 8.17. The molecule has 0 fully saturated rings. The van der Waals surface area contributed by atoms with E-state index in [-0.39, 0.29) is 5.56 Å². The fourth-order valence-corrected chi connectivity index (χ4v) is 4.83. The van der Waals surface area contributed by atoms with Crippen LogP contribution in [0.4, 0.5) is 10.5 Å². The number of rotatable bonds is 12. The Balaban J connectivity index is 1.67. The van der Waals surface area contributed by atoms with Crippen LogP contribution >= 0.6 is 0 Å². The lowest BCUT2D eigenvalue weighted by molar-refractivity contribution is 0.0697. The number of benzene rings is 3. The SMILES string of the molecule is CCCCCCOC(=O)Nc1ccc2nc(CCCC)n(-c3ccc(-c4ccccc4C(=O)O)c(C)c3)c2c1. The van der Waals surface area contributed by atoms with Crippen molar-refractivity contribution in [1.82, 2.24) is 9.55 Å². The van der Waals surface area contributed by atoms with E-state index in [0.29, 0.717) is 17.9 Å². The number of imidazole rings is 1. The van der Waals surface area contributed by atoms with Crippen LogP contribution in [0.15, 0.2) is 60.7 Å². The Hall–Kier alpha value is -4.13. The molecule has 0 radical (unpaired) electrons. The fourth-order valence-electron chi connectivity index (χ4n) is 4.83. The van der Waals surface area contributed by atoms with Gasteiger partial charge in [0.1, 0.15) is 5.82 Å². The third-order valence-electron chi connectivity index (χ3n) is 6.87. The van der Waals surface area contributed by atoms with Crippen LogP contribution in [-0.4, -0.2) is 33.3 Å². The molecule has 0 aliphatic carbocycles. The molecule has 4 rings (SSSR count). The van der Waals surface area contributed by atoms with E-state index in [1.165, 1.54) is 0 Å². The van der Waals surface area contributed by atoms with Gasteiger partial charge < -0.3 is 9.84 Å². The van der Waals surface area contributed by atoms with Gasteiger partial charge >= 0.3 is 12.1 Å². The summed E-state index contributed by atoms with van der Waals surface area (Å²) >= 11 is 0. The number of fused-ring (bicyclic) bond motifs is 1. The van der Waals surface area contributed by atoms with Crippen molar-refractivity contribution in [3.8, 4) is 16.8 Å². The fraction of sp³-hybridized carbons (Fsp3) is 0.344. The maximum Gasteiger partial charge on any atom is 0.411 e. The lowest BCUT2D eigenvalue weighted by Crippen LogP contribution is -2.14. The average Bonchev–Trinajstić information content (AvgIpc) is 3.29. The summed E-state index contributed by atoms with van der Waals surface area (Å²) in [5, 5.41) is 12.5. The minimum atomic E-state index is -0.948. The van der Waals surface area contributed by atoms with E-state index in [2.05, 4.69) is 29.8 Å². The molecule has 0 spiro atoms. The number of aromatic nitrogens is 2. The Bertz CT molecular complexity index is 1460. The molecule has 1 aromatic heterocycles. The normalized spacial score (nSPS) is 11.1. The topological polar surface area (TPSA) is 93.5 Å². The first-order valence-electron chi connectivity index (χ1n) is 13.8. The summed E-state index contributed by atoms with van der Waals surface area (Å²) in [6.45, 7) is 6.70. The molecule has 7 heteroatoms. The summed E-state index contributed by atoms with van der Waals surface area (Å²) in [5.74, 6) is -0.00312. The predicted molar refractivity (Wildman–Crippen MR) is 156 cm³/mol. The number of unbranched alkanes of at least 4 members (excludes halogenated alkanes) is 4. The van der Waals surface area contributed by atoms with Crippen molar-refractivity contribution in [2.75, 3.05) is 11.9 Å². The van der Waals surface area contributed by atoms with E-state index in [1.807, 2.05) is 49.4 Å². The van der Waals surface area contributed by atoms with Gasteiger partial charge in [0.25, 0.3) is 0 Å². The number of nitrogens with one attached hydrogen (secondary N) is 1. The molecule has 1 amide bonds. The highest BCUT2D eigenvalue weighted by molar-refractivity contribution is 5.96. The molecule has 3 aromatic carbocycles. The Labute approximate surface area is 229 Å². The number of hydrogen-bond donors (Lipinski definition) is 2. The summed E-state index contributed by atoms with van der Waals surface area (Å²) in [7, 11) is 0. The number of carboxylic acid groups (broad SMARTS) is 1. The number of anilines is 1. The van der Waals surface area contributed by atoms with E-state index in [1.54, 1.807) is 12.1 Å². The Morgan fingerprint density at radius 1 is 0.923 bits per heavy atom. The summed E-state index contributed by atoms with van der Waals surface area (Å²) in [6.07, 6.45) is 6.59. The highest BCUT2D eigenvalue weighted by Crippen LogP contribution is 2.31. The molecule has 204 valence electrons. The largest absolute Gasteiger partial charge is 0.478 e. The van der Waals surface area contributed by atoms with Gasteiger partial charge in [0.15, 0.2) is 0 Å². The minimum Gasteiger partial charge on any atom is -0.478 e. The number of amides is 1. The van der Waals surface area contributed by atoms with Gasteiger partial charge in [-0.15, -0.1) is 0 Å².